The van der Waals surface area contributed by atoms with Crippen molar-refractivity contribution >= 4 is 24.0 Å². The van der Waals surface area contributed by atoms with Crippen molar-refractivity contribution in [2.45, 2.75) is 25.2 Å². The Morgan fingerprint density at radius 1 is 1.35 bits per heavy atom. The normalized spacial score (nSPS) is 15.0. The van der Waals surface area contributed by atoms with Crippen LogP contribution in [0.1, 0.15) is 17.2 Å². The Kier molecular flexibility index (Phi) is 5.74. The zero-order chi connectivity index (χ0) is 12.5. The van der Waals surface area contributed by atoms with Crippen molar-refractivity contribution in [3.63, 3.8) is 0 Å². The first-order chi connectivity index (χ1) is 7.25. The number of nitrogens with two attached hydrogens (primary N) is 1. The van der Waals surface area contributed by atoms with E-state index in [1.165, 1.54) is 6.07 Å². The monoisotopic (exact) mass is 289 g/mol. The van der Waals surface area contributed by atoms with Crippen LogP contribution in [0.3, 0.4) is 0 Å². The minimum absolute atomic E-state index is 0. The highest BCUT2D eigenvalue weighted by atomic mass is 35.5. The number of benzene rings is 1. The van der Waals surface area contributed by atoms with Crippen LogP contribution in [0.25, 0.3) is 0 Å². The van der Waals surface area contributed by atoms with E-state index in [1.54, 1.807) is 19.1 Å². The number of halogens is 5. The van der Waals surface area contributed by atoms with Gasteiger partial charge in [0.25, 0.3) is 0 Å². The molecule has 0 unspecified atom stereocenters. The Morgan fingerprint density at radius 2 is 1.88 bits per heavy atom. The van der Waals surface area contributed by atoms with Gasteiger partial charge in [0.05, 0.1) is 6.04 Å². The van der Waals surface area contributed by atoms with E-state index >= 15 is 0 Å². The topological polar surface area (TPSA) is 46.2 Å². The zero-order valence-corrected chi connectivity index (χ0v) is 10.4. The van der Waals surface area contributed by atoms with Gasteiger partial charge in [-0.15, -0.1) is 12.4 Å². The van der Waals surface area contributed by atoms with Gasteiger partial charge in [-0.3, -0.25) is 0 Å². The second-order valence-corrected chi connectivity index (χ2v) is 3.89. The lowest BCUT2D eigenvalue weighted by molar-refractivity contribution is -0.210. The number of alkyl halides is 3. The largest absolute Gasteiger partial charge is 0.416 e. The van der Waals surface area contributed by atoms with E-state index in [0.29, 0.717) is 5.56 Å². The van der Waals surface area contributed by atoms with E-state index in [4.69, 9.17) is 22.4 Å². The summed E-state index contributed by atoms with van der Waals surface area (Å²) in [5, 5.41) is 9.17. The maximum Gasteiger partial charge on any atom is 0.416 e. The van der Waals surface area contributed by atoms with E-state index in [1.807, 2.05) is 0 Å². The fourth-order valence-corrected chi connectivity index (χ4v) is 1.78. The molecule has 0 amide bonds. The van der Waals surface area contributed by atoms with Crippen LogP contribution in [0.15, 0.2) is 18.2 Å². The zero-order valence-electron chi connectivity index (χ0n) is 8.83. The molecule has 0 bridgehead atoms. The van der Waals surface area contributed by atoms with Crippen LogP contribution in [0.2, 0.25) is 5.02 Å². The van der Waals surface area contributed by atoms with Gasteiger partial charge in [0, 0.05) is 5.02 Å². The van der Waals surface area contributed by atoms with Gasteiger partial charge in [-0.2, -0.15) is 13.2 Å². The predicted molar refractivity (Wildman–Crippen MR) is 62.4 cm³/mol. The summed E-state index contributed by atoms with van der Waals surface area (Å²) in [4.78, 5) is 0. The fourth-order valence-electron chi connectivity index (χ4n) is 1.43. The van der Waals surface area contributed by atoms with Crippen molar-refractivity contribution in [3.8, 4) is 0 Å². The third-order valence-electron chi connectivity index (χ3n) is 2.28. The molecule has 98 valence electrons. The third kappa shape index (κ3) is 3.74. The number of aliphatic hydroxyl groups is 1. The second-order valence-electron chi connectivity index (χ2n) is 3.48. The molecule has 0 saturated carbocycles. The van der Waals surface area contributed by atoms with Gasteiger partial charge >= 0.3 is 6.18 Å². The molecule has 0 aliphatic carbocycles. The van der Waals surface area contributed by atoms with Gasteiger partial charge in [0.1, 0.15) is 0 Å². The summed E-state index contributed by atoms with van der Waals surface area (Å²) < 4.78 is 36.8. The highest BCUT2D eigenvalue weighted by Crippen LogP contribution is 2.33. The minimum atomic E-state index is -4.76. The first-order valence-corrected chi connectivity index (χ1v) is 4.88. The van der Waals surface area contributed by atoms with E-state index in [0.717, 1.165) is 0 Å². The highest BCUT2D eigenvalue weighted by Gasteiger charge is 2.43. The Hall–Kier alpha value is -0.490. The molecule has 1 aromatic carbocycles. The molecule has 1 rings (SSSR count). The van der Waals surface area contributed by atoms with Crippen molar-refractivity contribution in [2.75, 3.05) is 0 Å². The Morgan fingerprint density at radius 3 is 2.29 bits per heavy atom. The van der Waals surface area contributed by atoms with Gasteiger partial charge < -0.3 is 10.8 Å². The van der Waals surface area contributed by atoms with E-state index < -0.39 is 18.3 Å². The third-order valence-corrected chi connectivity index (χ3v) is 2.61. The summed E-state index contributed by atoms with van der Waals surface area (Å²) in [6.45, 7) is 1.59. The summed E-state index contributed by atoms with van der Waals surface area (Å²) >= 11 is 5.76. The summed E-state index contributed by atoms with van der Waals surface area (Å²) in [6.07, 6.45) is -7.38. The van der Waals surface area contributed by atoms with Crippen LogP contribution in [-0.4, -0.2) is 17.4 Å². The number of hydrogen-bond donors (Lipinski definition) is 2. The lowest BCUT2D eigenvalue weighted by Crippen LogP contribution is -2.39. The predicted octanol–water partition coefficient (Wildman–Crippen LogP) is 2.99. The summed E-state index contributed by atoms with van der Waals surface area (Å²) in [7, 11) is 0. The van der Waals surface area contributed by atoms with Crippen molar-refractivity contribution in [3.05, 3.63) is 34.3 Å². The number of aryl methyl sites for hydroxylation is 1. The van der Waals surface area contributed by atoms with Gasteiger partial charge in [0.15, 0.2) is 6.10 Å². The van der Waals surface area contributed by atoms with Crippen LogP contribution in [0, 0.1) is 6.92 Å². The van der Waals surface area contributed by atoms with Gasteiger partial charge in [-0.1, -0.05) is 23.7 Å². The maximum atomic E-state index is 12.3. The first-order valence-electron chi connectivity index (χ1n) is 4.50. The van der Waals surface area contributed by atoms with Crippen molar-refractivity contribution in [1.82, 2.24) is 0 Å². The molecule has 0 aliphatic rings. The van der Waals surface area contributed by atoms with E-state index in [2.05, 4.69) is 0 Å². The van der Waals surface area contributed by atoms with Crippen LogP contribution < -0.4 is 5.73 Å². The molecule has 17 heavy (non-hydrogen) atoms. The smallest absolute Gasteiger partial charge is 0.382 e. The molecule has 0 spiro atoms. The van der Waals surface area contributed by atoms with E-state index in [-0.39, 0.29) is 23.0 Å². The summed E-state index contributed by atoms with van der Waals surface area (Å²) in [5.74, 6) is 0. The maximum absolute atomic E-state index is 12.3. The van der Waals surface area contributed by atoms with Gasteiger partial charge in [0.2, 0.25) is 0 Å². The van der Waals surface area contributed by atoms with Crippen molar-refractivity contribution in [2.24, 2.45) is 5.73 Å². The Bertz CT molecular complexity index is 364. The molecule has 2 atom stereocenters. The highest BCUT2D eigenvalue weighted by molar-refractivity contribution is 6.31. The lowest BCUT2D eigenvalue weighted by Gasteiger charge is -2.23. The molecule has 3 N–H and O–H groups in total. The average Bonchev–Trinajstić information content (AvgIpc) is 2.14. The van der Waals surface area contributed by atoms with Crippen LogP contribution in [-0.2, 0) is 0 Å². The summed E-state index contributed by atoms with van der Waals surface area (Å²) in [5.41, 5.74) is 6.01. The molecule has 0 saturated heterocycles. The minimum Gasteiger partial charge on any atom is -0.382 e. The molecule has 0 aliphatic heterocycles. The van der Waals surface area contributed by atoms with E-state index in [9.17, 15) is 13.2 Å². The summed E-state index contributed by atoms with van der Waals surface area (Å²) in [6, 6.07) is 3.05. The quantitative estimate of drug-likeness (QED) is 0.879. The molecule has 0 heterocycles. The van der Waals surface area contributed by atoms with Crippen molar-refractivity contribution < 1.29 is 18.3 Å². The molecule has 0 aromatic heterocycles. The Labute approximate surface area is 108 Å². The average molecular weight is 290 g/mol. The number of hydrogen-bond acceptors (Lipinski definition) is 2. The van der Waals surface area contributed by atoms with Crippen LogP contribution in [0.4, 0.5) is 13.2 Å². The second kappa shape index (κ2) is 5.91. The molecule has 1 aromatic rings. The first kappa shape index (κ1) is 16.5. The number of rotatable bonds is 2. The molecular weight excluding hydrogens is 278 g/mol. The molecule has 2 nitrogen and oxygen atoms in total. The van der Waals surface area contributed by atoms with Crippen molar-refractivity contribution in [1.29, 1.82) is 0 Å². The Balaban J connectivity index is 0.00000256. The van der Waals surface area contributed by atoms with Crippen LogP contribution >= 0.6 is 24.0 Å². The molecule has 0 fully saturated rings. The standard InChI is InChI=1S/C10H11ClF3NO.ClH/c1-5-3-2-4-6(11)7(5)8(15)9(16)10(12,13)14;/h2-4,8-9,16H,15H2,1H3;1H/t8-,9-;/m1./s1. The SMILES string of the molecule is Cc1cccc(Cl)c1[C@@H](N)[C@@H](O)C(F)(F)F.Cl. The molecular formula is C10H12Cl2F3NO. The van der Waals surface area contributed by atoms with Gasteiger partial charge in [-0.05, 0) is 24.1 Å². The lowest BCUT2D eigenvalue weighted by atomic mass is 9.97. The molecule has 7 heteroatoms. The molecule has 0 radical (unpaired) electrons. The van der Waals surface area contributed by atoms with Gasteiger partial charge in [-0.25, -0.2) is 0 Å². The fraction of sp³-hybridized carbons (Fsp3) is 0.400. The number of aliphatic hydroxyl groups excluding tert-OH is 1. The van der Waals surface area contributed by atoms with Crippen LogP contribution in [0.5, 0.6) is 0 Å².